The first-order valence-corrected chi connectivity index (χ1v) is 11.8. The third kappa shape index (κ3) is 4.05. The molecule has 0 amide bonds. The van der Waals surface area contributed by atoms with E-state index in [-0.39, 0.29) is 10.8 Å². The normalized spacial score (nSPS) is 13.1. The van der Waals surface area contributed by atoms with Crippen LogP contribution in [0.1, 0.15) is 58.2 Å². The molecule has 4 aromatic rings. The van der Waals surface area contributed by atoms with Crippen LogP contribution in [-0.4, -0.2) is 4.89 Å². The smallest absolute Gasteiger partial charge is 0.384 e. The summed E-state index contributed by atoms with van der Waals surface area (Å²) in [5.74, 6) is 0. The van der Waals surface area contributed by atoms with Gasteiger partial charge in [0.1, 0.15) is 5.58 Å². The Labute approximate surface area is 185 Å². The van der Waals surface area contributed by atoms with E-state index in [2.05, 4.69) is 72.7 Å². The number of hydrogen-bond donors (Lipinski definition) is 1. The van der Waals surface area contributed by atoms with Crippen molar-refractivity contribution in [1.29, 1.82) is 0 Å². The fourth-order valence-electron chi connectivity index (χ4n) is 4.25. The van der Waals surface area contributed by atoms with Gasteiger partial charge in [0.25, 0.3) is 0 Å². The number of benzene rings is 3. The Kier molecular flexibility index (Phi) is 5.32. The predicted molar refractivity (Wildman–Crippen MR) is 132 cm³/mol. The molecule has 0 aliphatic carbocycles. The number of hydrogen-bond acceptors (Lipinski definition) is 3. The molecule has 0 aliphatic heterocycles. The molecular weight excluding hydrogens is 403 g/mol. The first-order valence-electron chi connectivity index (χ1n) is 10.7. The molecule has 1 N–H and O–H groups in total. The van der Waals surface area contributed by atoms with Gasteiger partial charge >= 0.3 is 8.24 Å². The second kappa shape index (κ2) is 7.58. The summed E-state index contributed by atoms with van der Waals surface area (Å²) in [6.45, 7) is 15.6. The minimum Gasteiger partial charge on any atom is -0.399 e. The van der Waals surface area contributed by atoms with E-state index in [9.17, 15) is 4.89 Å². The molecule has 162 valence electrons. The van der Waals surface area contributed by atoms with E-state index in [1.165, 1.54) is 22.3 Å². The highest BCUT2D eigenvalue weighted by atomic mass is 31.1. The van der Waals surface area contributed by atoms with E-state index in [0.717, 1.165) is 16.3 Å². The van der Waals surface area contributed by atoms with Crippen LogP contribution in [0.15, 0.2) is 63.0 Å². The summed E-state index contributed by atoms with van der Waals surface area (Å²) in [7, 11) is -2.08. The highest BCUT2D eigenvalue weighted by Gasteiger charge is 2.28. The van der Waals surface area contributed by atoms with Crippen LogP contribution in [0.4, 0.5) is 0 Å². The molecule has 1 unspecified atom stereocenters. The molecule has 31 heavy (non-hydrogen) atoms. The molecule has 0 spiro atoms. The fourth-order valence-corrected chi connectivity index (χ4v) is 4.97. The lowest BCUT2D eigenvalue weighted by atomic mass is 9.73. The van der Waals surface area contributed by atoms with Gasteiger partial charge in [0.05, 0.1) is 0 Å². The topological polar surface area (TPSA) is 46.5 Å². The van der Waals surface area contributed by atoms with Crippen molar-refractivity contribution in [3.63, 3.8) is 0 Å². The van der Waals surface area contributed by atoms with Crippen molar-refractivity contribution in [3.05, 3.63) is 71.3 Å². The zero-order valence-corrected chi connectivity index (χ0v) is 20.3. The number of para-hydroxylation sites is 2. The maximum atomic E-state index is 10.6. The van der Waals surface area contributed by atoms with Crippen LogP contribution >= 0.6 is 8.24 Å². The Hall–Kier alpha value is -2.48. The Morgan fingerprint density at radius 2 is 1.32 bits per heavy atom. The van der Waals surface area contributed by atoms with Gasteiger partial charge in [-0.05, 0) is 40.5 Å². The maximum absolute atomic E-state index is 10.6. The highest BCUT2D eigenvalue weighted by Crippen LogP contribution is 2.45. The van der Waals surface area contributed by atoms with Crippen molar-refractivity contribution in [2.75, 3.05) is 0 Å². The first-order chi connectivity index (χ1) is 14.5. The average Bonchev–Trinajstić information content (AvgIpc) is 2.81. The van der Waals surface area contributed by atoms with Gasteiger partial charge in [0.2, 0.25) is 0 Å². The largest absolute Gasteiger partial charge is 0.399 e. The van der Waals surface area contributed by atoms with Gasteiger partial charge in [0, 0.05) is 16.3 Å². The number of rotatable bonds is 1. The van der Waals surface area contributed by atoms with Crippen LogP contribution in [0, 0.1) is 6.92 Å². The third-order valence-electron chi connectivity index (χ3n) is 5.71. The minimum absolute atomic E-state index is 0.0623. The Morgan fingerprint density at radius 3 is 1.94 bits per heavy atom. The third-order valence-corrected chi connectivity index (χ3v) is 6.40. The SMILES string of the molecule is Cc1cc(C(C)(C)C)c(-c2cccc3c2op(O)oc2ccccc23)c(C(C)(C)C)c1. The van der Waals surface area contributed by atoms with Crippen LogP contribution < -0.4 is 0 Å². The molecule has 3 aromatic carbocycles. The lowest BCUT2D eigenvalue weighted by Gasteiger charge is -2.31. The van der Waals surface area contributed by atoms with E-state index in [0.29, 0.717) is 11.2 Å². The second-order valence-electron chi connectivity index (χ2n) is 10.3. The van der Waals surface area contributed by atoms with E-state index in [4.69, 9.17) is 8.39 Å². The molecule has 4 heteroatoms. The highest BCUT2D eigenvalue weighted by molar-refractivity contribution is 7.30. The summed E-state index contributed by atoms with van der Waals surface area (Å²) in [6.07, 6.45) is 0. The predicted octanol–water partition coefficient (Wildman–Crippen LogP) is 8.62. The molecule has 0 bridgehead atoms. The average molecular weight is 435 g/mol. The zero-order valence-electron chi connectivity index (χ0n) is 19.4. The molecule has 0 saturated carbocycles. The molecule has 0 saturated heterocycles. The summed E-state index contributed by atoms with van der Waals surface area (Å²) in [4.78, 5) is 10.6. The molecule has 1 heterocycles. The molecule has 1 atom stereocenters. The summed E-state index contributed by atoms with van der Waals surface area (Å²) in [5, 5.41) is 1.87. The first kappa shape index (κ1) is 21.7. The Morgan fingerprint density at radius 1 is 0.742 bits per heavy atom. The lowest BCUT2D eigenvalue weighted by molar-refractivity contribution is 0.495. The second-order valence-corrected chi connectivity index (χ2v) is 11.2. The van der Waals surface area contributed by atoms with Crippen molar-refractivity contribution in [2.24, 2.45) is 0 Å². The maximum Gasteiger partial charge on any atom is 0.384 e. The number of aryl methyl sites for hydroxylation is 1. The van der Waals surface area contributed by atoms with Crippen LogP contribution in [0.3, 0.4) is 0 Å². The standard InChI is InChI=1S/C27H31O3P/c1-17-15-21(26(2,3)4)24(22(16-17)27(5,6)7)20-13-10-12-19-18-11-8-9-14-23(18)29-31(28)30-25(19)20/h8-16,28H,1-7H3. The van der Waals surface area contributed by atoms with E-state index < -0.39 is 8.24 Å². The summed E-state index contributed by atoms with van der Waals surface area (Å²) in [6, 6.07) is 18.6. The van der Waals surface area contributed by atoms with Crippen molar-refractivity contribution in [1.82, 2.24) is 0 Å². The van der Waals surface area contributed by atoms with Crippen molar-refractivity contribution >= 4 is 30.2 Å². The molecule has 0 radical (unpaired) electrons. The summed E-state index contributed by atoms with van der Waals surface area (Å²) < 4.78 is 11.8. The molecule has 3 nitrogen and oxygen atoms in total. The molecule has 0 aliphatic rings. The van der Waals surface area contributed by atoms with Crippen LogP contribution in [0.25, 0.3) is 33.1 Å². The fraction of sp³-hybridized carbons (Fsp3) is 0.333. The van der Waals surface area contributed by atoms with Gasteiger partial charge in [-0.25, -0.2) is 0 Å². The number of fused-ring (bicyclic) bond motifs is 3. The Bertz CT molecular complexity index is 1280. The quantitative estimate of drug-likeness (QED) is 0.326. The molecule has 0 fully saturated rings. The van der Waals surface area contributed by atoms with E-state index in [1.54, 1.807) is 0 Å². The zero-order chi connectivity index (χ0) is 22.6. The van der Waals surface area contributed by atoms with Crippen molar-refractivity contribution < 1.29 is 13.3 Å². The van der Waals surface area contributed by atoms with E-state index >= 15 is 0 Å². The molecule has 4 rings (SSSR count). The van der Waals surface area contributed by atoms with Gasteiger partial charge in [-0.3, -0.25) is 4.89 Å². The molecule has 1 aromatic heterocycles. The van der Waals surface area contributed by atoms with Gasteiger partial charge in [-0.2, -0.15) is 0 Å². The van der Waals surface area contributed by atoms with Gasteiger partial charge < -0.3 is 8.39 Å². The molecular formula is C27H31O3P. The van der Waals surface area contributed by atoms with Crippen molar-refractivity contribution in [3.8, 4) is 11.1 Å². The minimum atomic E-state index is -2.08. The van der Waals surface area contributed by atoms with Crippen molar-refractivity contribution in [2.45, 2.75) is 59.3 Å². The van der Waals surface area contributed by atoms with Crippen LogP contribution in [0.5, 0.6) is 0 Å². The van der Waals surface area contributed by atoms with Crippen LogP contribution in [0.2, 0.25) is 0 Å². The van der Waals surface area contributed by atoms with Gasteiger partial charge in [0.15, 0.2) is 5.58 Å². The lowest BCUT2D eigenvalue weighted by Crippen LogP contribution is -2.19. The van der Waals surface area contributed by atoms with Gasteiger partial charge in [-0.1, -0.05) is 95.6 Å². The van der Waals surface area contributed by atoms with E-state index in [1.807, 2.05) is 30.3 Å². The Balaban J connectivity index is 2.25. The van der Waals surface area contributed by atoms with Gasteiger partial charge in [-0.15, -0.1) is 0 Å². The summed E-state index contributed by atoms with van der Waals surface area (Å²) in [5.41, 5.74) is 7.17. The van der Waals surface area contributed by atoms with Crippen LogP contribution in [-0.2, 0) is 10.8 Å². The monoisotopic (exact) mass is 434 g/mol. The summed E-state index contributed by atoms with van der Waals surface area (Å²) >= 11 is 0.